The molecule has 1 unspecified atom stereocenters. The van der Waals surface area contributed by atoms with Gasteiger partial charge in [-0.1, -0.05) is 11.6 Å². The molecule has 0 fully saturated rings. The van der Waals surface area contributed by atoms with E-state index in [1.807, 2.05) is 0 Å². The lowest BCUT2D eigenvalue weighted by Crippen LogP contribution is -2.45. The molecule has 1 aromatic carbocycles. The Hall–Kier alpha value is -2.47. The van der Waals surface area contributed by atoms with Crippen LogP contribution in [0.25, 0.3) is 0 Å². The van der Waals surface area contributed by atoms with E-state index in [0.717, 1.165) is 5.56 Å². The van der Waals surface area contributed by atoms with Crippen molar-refractivity contribution >= 4 is 23.4 Å². The van der Waals surface area contributed by atoms with Gasteiger partial charge >= 0.3 is 0 Å². The second-order valence-corrected chi connectivity index (χ2v) is 5.76. The molecule has 6 nitrogen and oxygen atoms in total. The molecule has 1 atom stereocenters. The number of methoxy groups -OCH3 is 1. The second-order valence-electron chi connectivity index (χ2n) is 5.32. The van der Waals surface area contributed by atoms with Crippen molar-refractivity contribution in [3.63, 3.8) is 0 Å². The smallest absolute Gasteiger partial charge is 0.287 e. The Labute approximate surface area is 145 Å². The van der Waals surface area contributed by atoms with E-state index in [0.29, 0.717) is 17.3 Å². The standard InChI is InChI=1S/C17H19ClN2O4/c1-11(19-16(21)15-5-4-8-24-15)17(22)20(2)10-12-9-13(18)6-7-14(12)23-3/h4-9,11H,10H2,1-3H3,(H,19,21). The van der Waals surface area contributed by atoms with Crippen molar-refractivity contribution in [1.29, 1.82) is 0 Å². The maximum absolute atomic E-state index is 12.4. The number of carbonyl (C=O) groups is 2. The lowest BCUT2D eigenvalue weighted by atomic mass is 10.1. The zero-order valence-electron chi connectivity index (χ0n) is 13.7. The Balaban J connectivity index is 2.01. The molecule has 0 aliphatic rings. The summed E-state index contributed by atoms with van der Waals surface area (Å²) in [5.41, 5.74) is 0.783. The van der Waals surface area contributed by atoms with Crippen LogP contribution in [-0.4, -0.2) is 36.9 Å². The van der Waals surface area contributed by atoms with Gasteiger partial charge in [0.05, 0.1) is 13.4 Å². The van der Waals surface area contributed by atoms with Crippen LogP contribution in [0, 0.1) is 0 Å². The minimum atomic E-state index is -0.697. The summed E-state index contributed by atoms with van der Waals surface area (Å²) in [6.45, 7) is 1.93. The van der Waals surface area contributed by atoms with Gasteiger partial charge in [-0.05, 0) is 37.3 Å². The normalized spacial score (nSPS) is 11.7. The zero-order chi connectivity index (χ0) is 17.7. The van der Waals surface area contributed by atoms with Crippen LogP contribution >= 0.6 is 11.6 Å². The highest BCUT2D eigenvalue weighted by Crippen LogP contribution is 2.23. The third-order valence-electron chi connectivity index (χ3n) is 3.49. The zero-order valence-corrected chi connectivity index (χ0v) is 14.5. The molecule has 1 N–H and O–H groups in total. The van der Waals surface area contributed by atoms with E-state index in [1.54, 1.807) is 45.3 Å². The molecule has 2 aromatic rings. The lowest BCUT2D eigenvalue weighted by molar-refractivity contribution is -0.132. The van der Waals surface area contributed by atoms with Crippen LogP contribution in [0.2, 0.25) is 5.02 Å². The molecule has 1 aromatic heterocycles. The van der Waals surface area contributed by atoms with Gasteiger partial charge in [0.2, 0.25) is 5.91 Å². The molecular weight excluding hydrogens is 332 g/mol. The number of furan rings is 1. The van der Waals surface area contributed by atoms with Crippen LogP contribution < -0.4 is 10.1 Å². The number of halogens is 1. The number of amides is 2. The molecule has 2 rings (SSSR count). The van der Waals surface area contributed by atoms with Gasteiger partial charge in [-0.25, -0.2) is 0 Å². The summed E-state index contributed by atoms with van der Waals surface area (Å²) in [5, 5.41) is 3.17. The highest BCUT2D eigenvalue weighted by molar-refractivity contribution is 6.30. The molecule has 128 valence electrons. The summed E-state index contributed by atoms with van der Waals surface area (Å²) < 4.78 is 10.3. The molecule has 0 spiro atoms. The van der Waals surface area contributed by atoms with Gasteiger partial charge in [0.15, 0.2) is 5.76 Å². The molecule has 0 saturated heterocycles. The third-order valence-corrected chi connectivity index (χ3v) is 3.72. The van der Waals surface area contributed by atoms with Crippen LogP contribution in [0.4, 0.5) is 0 Å². The molecule has 0 radical (unpaired) electrons. The number of benzene rings is 1. The Kier molecular flexibility index (Phi) is 5.87. The second kappa shape index (κ2) is 7.88. The van der Waals surface area contributed by atoms with Gasteiger partial charge < -0.3 is 19.4 Å². The van der Waals surface area contributed by atoms with Crippen LogP contribution in [0.3, 0.4) is 0 Å². The van der Waals surface area contributed by atoms with E-state index in [9.17, 15) is 9.59 Å². The molecule has 2 amide bonds. The van der Waals surface area contributed by atoms with Crippen LogP contribution in [0.15, 0.2) is 41.0 Å². The largest absolute Gasteiger partial charge is 0.496 e. The minimum Gasteiger partial charge on any atom is -0.496 e. The molecule has 1 heterocycles. The van der Waals surface area contributed by atoms with E-state index in [-0.39, 0.29) is 11.7 Å². The number of hydrogen-bond acceptors (Lipinski definition) is 4. The Morgan fingerprint density at radius 1 is 1.38 bits per heavy atom. The fraction of sp³-hybridized carbons (Fsp3) is 0.294. The van der Waals surface area contributed by atoms with Crippen molar-refractivity contribution in [1.82, 2.24) is 10.2 Å². The van der Waals surface area contributed by atoms with Gasteiger partial charge in [0, 0.05) is 24.2 Å². The molecule has 24 heavy (non-hydrogen) atoms. The predicted octanol–water partition coefficient (Wildman–Crippen LogP) is 2.72. The first kappa shape index (κ1) is 17.9. The minimum absolute atomic E-state index is 0.161. The Bertz CT molecular complexity index is 715. The van der Waals surface area contributed by atoms with Crippen LogP contribution in [0.1, 0.15) is 23.0 Å². The van der Waals surface area contributed by atoms with Gasteiger partial charge in [-0.15, -0.1) is 0 Å². The van der Waals surface area contributed by atoms with Gasteiger partial charge in [-0.3, -0.25) is 9.59 Å². The fourth-order valence-electron chi connectivity index (χ4n) is 2.27. The average molecular weight is 351 g/mol. The third kappa shape index (κ3) is 4.29. The topological polar surface area (TPSA) is 71.8 Å². The van der Waals surface area contributed by atoms with Gasteiger partial charge in [0.25, 0.3) is 5.91 Å². The van der Waals surface area contributed by atoms with Crippen LogP contribution in [-0.2, 0) is 11.3 Å². The number of rotatable bonds is 6. The maximum Gasteiger partial charge on any atom is 0.287 e. The van der Waals surface area contributed by atoms with E-state index in [4.69, 9.17) is 20.8 Å². The number of nitrogens with one attached hydrogen (secondary N) is 1. The fourth-order valence-corrected chi connectivity index (χ4v) is 2.47. The molecule has 0 aliphatic heterocycles. The molecule has 0 aliphatic carbocycles. The number of ether oxygens (including phenoxy) is 1. The molecule has 7 heteroatoms. The highest BCUT2D eigenvalue weighted by atomic mass is 35.5. The quantitative estimate of drug-likeness (QED) is 0.869. The number of carbonyl (C=O) groups excluding carboxylic acids is 2. The van der Waals surface area contributed by atoms with Crippen LogP contribution in [0.5, 0.6) is 5.75 Å². The summed E-state index contributed by atoms with van der Waals surface area (Å²) in [7, 11) is 3.21. The van der Waals surface area contributed by atoms with Crippen molar-refractivity contribution in [2.75, 3.05) is 14.2 Å². The Morgan fingerprint density at radius 3 is 2.75 bits per heavy atom. The highest BCUT2D eigenvalue weighted by Gasteiger charge is 2.22. The SMILES string of the molecule is COc1ccc(Cl)cc1CN(C)C(=O)C(C)NC(=O)c1ccco1. The lowest BCUT2D eigenvalue weighted by Gasteiger charge is -2.23. The average Bonchev–Trinajstić information content (AvgIpc) is 3.08. The van der Waals surface area contributed by atoms with Crippen molar-refractivity contribution in [2.45, 2.75) is 19.5 Å². The van der Waals surface area contributed by atoms with E-state index in [1.165, 1.54) is 17.2 Å². The van der Waals surface area contributed by atoms with Crippen molar-refractivity contribution in [2.24, 2.45) is 0 Å². The number of likely N-dealkylation sites (N-methyl/N-ethyl adjacent to an activating group) is 1. The van der Waals surface area contributed by atoms with E-state index < -0.39 is 11.9 Å². The van der Waals surface area contributed by atoms with E-state index >= 15 is 0 Å². The van der Waals surface area contributed by atoms with Crippen molar-refractivity contribution < 1.29 is 18.7 Å². The van der Waals surface area contributed by atoms with E-state index in [2.05, 4.69) is 5.32 Å². The first-order valence-corrected chi connectivity index (χ1v) is 7.72. The first-order valence-electron chi connectivity index (χ1n) is 7.34. The maximum atomic E-state index is 12.4. The summed E-state index contributed by atoms with van der Waals surface area (Å²) in [6, 6.07) is 7.66. The van der Waals surface area contributed by atoms with Gasteiger partial charge in [0.1, 0.15) is 11.8 Å². The molecule has 0 bridgehead atoms. The first-order chi connectivity index (χ1) is 11.4. The Morgan fingerprint density at radius 2 is 2.12 bits per heavy atom. The monoisotopic (exact) mass is 350 g/mol. The van der Waals surface area contributed by atoms with Crippen molar-refractivity contribution in [3.05, 3.63) is 52.9 Å². The number of nitrogens with zero attached hydrogens (tertiary/aromatic N) is 1. The summed E-state index contributed by atoms with van der Waals surface area (Å²) in [6.07, 6.45) is 1.40. The summed E-state index contributed by atoms with van der Waals surface area (Å²) in [5.74, 6) is 0.131. The van der Waals surface area contributed by atoms with Crippen molar-refractivity contribution in [3.8, 4) is 5.75 Å². The molecular formula is C17H19ClN2O4. The number of hydrogen-bond donors (Lipinski definition) is 1. The summed E-state index contributed by atoms with van der Waals surface area (Å²) >= 11 is 6.00. The summed E-state index contributed by atoms with van der Waals surface area (Å²) in [4.78, 5) is 25.9. The van der Waals surface area contributed by atoms with Gasteiger partial charge in [-0.2, -0.15) is 0 Å². The predicted molar refractivity (Wildman–Crippen MR) is 90.1 cm³/mol. The molecule has 0 saturated carbocycles.